The Labute approximate surface area is 113 Å². The number of sulfonamides is 1. The van der Waals surface area contributed by atoms with E-state index in [9.17, 15) is 13.5 Å². The molecule has 0 atom stereocenters. The Bertz CT molecular complexity index is 541. The van der Waals surface area contributed by atoms with Crippen LogP contribution in [0.3, 0.4) is 0 Å². The van der Waals surface area contributed by atoms with Crippen LogP contribution in [0.1, 0.15) is 12.8 Å². The van der Waals surface area contributed by atoms with Crippen LogP contribution in [0.2, 0.25) is 0 Å². The van der Waals surface area contributed by atoms with Crippen molar-refractivity contribution in [2.24, 2.45) is 5.92 Å². The average Bonchev–Trinajstić information content (AvgIpc) is 2.36. The van der Waals surface area contributed by atoms with Crippen LogP contribution in [-0.2, 0) is 10.0 Å². The summed E-state index contributed by atoms with van der Waals surface area (Å²) in [6.07, 6.45) is 2.53. The highest BCUT2D eigenvalue weighted by Crippen LogP contribution is 2.29. The smallest absolute Gasteiger partial charge is 0.262 e. The highest BCUT2D eigenvalue weighted by molar-refractivity contribution is 7.89. The number of aromatic nitrogens is 1. The number of hydrogen-bond acceptors (Lipinski definition) is 5. The lowest BCUT2D eigenvalue weighted by Gasteiger charge is -2.34. The largest absolute Gasteiger partial charge is 0.393 e. The fourth-order valence-corrected chi connectivity index (χ4v) is 3.59. The van der Waals surface area contributed by atoms with Gasteiger partial charge in [-0.3, -0.25) is 0 Å². The average molecular weight is 285 g/mol. The summed E-state index contributed by atoms with van der Waals surface area (Å²) in [5.41, 5.74) is 0.489. The topological polar surface area (TPSA) is 82.5 Å². The SMILES string of the molecule is CNc1cccnc1S(=O)(=O)N(C)CC1CC(O)C1. The van der Waals surface area contributed by atoms with E-state index in [4.69, 9.17) is 0 Å². The predicted molar refractivity (Wildman–Crippen MR) is 72.3 cm³/mol. The molecule has 1 aliphatic carbocycles. The molecule has 2 rings (SSSR count). The maximum atomic E-state index is 12.4. The summed E-state index contributed by atoms with van der Waals surface area (Å²) in [6, 6.07) is 3.37. The molecule has 0 bridgehead atoms. The third-order valence-corrected chi connectivity index (χ3v) is 5.20. The van der Waals surface area contributed by atoms with Gasteiger partial charge in [-0.15, -0.1) is 0 Å². The predicted octanol–water partition coefficient (Wildman–Crippen LogP) is 0.515. The van der Waals surface area contributed by atoms with Gasteiger partial charge in [0.2, 0.25) is 0 Å². The van der Waals surface area contributed by atoms with Gasteiger partial charge in [0.25, 0.3) is 10.0 Å². The monoisotopic (exact) mass is 285 g/mol. The number of rotatable bonds is 5. The molecule has 0 aliphatic heterocycles. The molecule has 6 nitrogen and oxygen atoms in total. The normalized spacial score (nSPS) is 23.2. The number of hydrogen-bond donors (Lipinski definition) is 2. The van der Waals surface area contributed by atoms with Gasteiger partial charge in [-0.1, -0.05) is 0 Å². The zero-order valence-corrected chi connectivity index (χ0v) is 11.9. The van der Waals surface area contributed by atoms with Crippen molar-refractivity contribution in [1.82, 2.24) is 9.29 Å². The molecule has 0 spiro atoms. The molecular formula is C12H19N3O3S. The van der Waals surface area contributed by atoms with Gasteiger partial charge in [-0.05, 0) is 30.9 Å². The fraction of sp³-hybridized carbons (Fsp3) is 0.583. The van der Waals surface area contributed by atoms with E-state index in [0.29, 0.717) is 25.1 Å². The Kier molecular flexibility index (Phi) is 4.07. The van der Waals surface area contributed by atoms with E-state index in [0.717, 1.165) is 0 Å². The Balaban J connectivity index is 2.16. The first-order valence-corrected chi connectivity index (χ1v) is 7.66. The summed E-state index contributed by atoms with van der Waals surface area (Å²) >= 11 is 0. The van der Waals surface area contributed by atoms with Crippen LogP contribution in [0.4, 0.5) is 5.69 Å². The van der Waals surface area contributed by atoms with Gasteiger partial charge in [-0.2, -0.15) is 4.31 Å². The summed E-state index contributed by atoms with van der Waals surface area (Å²) in [7, 11) is -0.378. The van der Waals surface area contributed by atoms with Crippen molar-refractivity contribution in [3.63, 3.8) is 0 Å². The number of anilines is 1. The van der Waals surface area contributed by atoms with E-state index in [1.54, 1.807) is 26.2 Å². The first-order valence-electron chi connectivity index (χ1n) is 6.22. The summed E-state index contributed by atoms with van der Waals surface area (Å²) in [5.74, 6) is 0.233. The Hall–Kier alpha value is -1.18. The van der Waals surface area contributed by atoms with Gasteiger partial charge in [0.05, 0.1) is 11.8 Å². The highest BCUT2D eigenvalue weighted by Gasteiger charge is 2.33. The molecule has 0 amide bonds. The molecule has 0 radical (unpaired) electrons. The number of nitrogens with zero attached hydrogens (tertiary/aromatic N) is 2. The molecule has 0 saturated heterocycles. The highest BCUT2D eigenvalue weighted by atomic mass is 32.2. The first kappa shape index (κ1) is 14.2. The van der Waals surface area contributed by atoms with Crippen LogP contribution >= 0.6 is 0 Å². The van der Waals surface area contributed by atoms with Crippen LogP contribution in [0, 0.1) is 5.92 Å². The standard InChI is InChI=1S/C12H19N3O3S/c1-13-11-4-3-5-14-12(11)19(17,18)15(2)8-9-6-10(16)7-9/h3-5,9-10,13,16H,6-8H2,1-2H3. The molecule has 0 unspecified atom stereocenters. The van der Waals surface area contributed by atoms with E-state index >= 15 is 0 Å². The van der Waals surface area contributed by atoms with Crippen LogP contribution in [0.15, 0.2) is 23.4 Å². The lowest BCUT2D eigenvalue weighted by Crippen LogP contribution is -2.39. The second-order valence-electron chi connectivity index (χ2n) is 4.88. The Morgan fingerprint density at radius 3 is 2.79 bits per heavy atom. The van der Waals surface area contributed by atoms with Crippen molar-refractivity contribution in [3.05, 3.63) is 18.3 Å². The second kappa shape index (κ2) is 5.44. The third-order valence-electron chi connectivity index (χ3n) is 3.42. The van der Waals surface area contributed by atoms with Crippen molar-refractivity contribution in [2.75, 3.05) is 26.0 Å². The van der Waals surface area contributed by atoms with Gasteiger partial charge in [0.15, 0.2) is 5.03 Å². The second-order valence-corrected chi connectivity index (χ2v) is 6.84. The lowest BCUT2D eigenvalue weighted by atomic mass is 9.82. The van der Waals surface area contributed by atoms with E-state index < -0.39 is 10.0 Å². The molecule has 1 fully saturated rings. The Morgan fingerprint density at radius 2 is 2.21 bits per heavy atom. The molecular weight excluding hydrogens is 266 g/mol. The minimum atomic E-state index is -3.59. The molecule has 1 aromatic rings. The third kappa shape index (κ3) is 2.88. The Morgan fingerprint density at radius 1 is 1.53 bits per heavy atom. The summed E-state index contributed by atoms with van der Waals surface area (Å²) in [6.45, 7) is 0.416. The van der Waals surface area contributed by atoms with E-state index in [2.05, 4.69) is 10.3 Å². The molecule has 1 aromatic heterocycles. The number of pyridine rings is 1. The van der Waals surface area contributed by atoms with Gasteiger partial charge >= 0.3 is 0 Å². The molecule has 0 aromatic carbocycles. The van der Waals surface area contributed by atoms with Crippen molar-refractivity contribution in [2.45, 2.75) is 24.0 Å². The van der Waals surface area contributed by atoms with Gasteiger partial charge in [0, 0.05) is 26.8 Å². The summed E-state index contributed by atoms with van der Waals surface area (Å²) in [4.78, 5) is 3.97. The molecule has 106 valence electrons. The van der Waals surface area contributed by atoms with E-state index in [1.165, 1.54) is 10.5 Å². The van der Waals surface area contributed by atoms with Gasteiger partial charge in [0.1, 0.15) is 0 Å². The molecule has 1 aliphatic rings. The van der Waals surface area contributed by atoms with Gasteiger partial charge in [-0.25, -0.2) is 13.4 Å². The molecule has 1 saturated carbocycles. The maximum Gasteiger partial charge on any atom is 0.262 e. The molecule has 19 heavy (non-hydrogen) atoms. The molecule has 7 heteroatoms. The number of aliphatic hydroxyl groups is 1. The zero-order chi connectivity index (χ0) is 14.0. The number of nitrogens with one attached hydrogen (secondary N) is 1. The maximum absolute atomic E-state index is 12.4. The van der Waals surface area contributed by atoms with Crippen molar-refractivity contribution < 1.29 is 13.5 Å². The van der Waals surface area contributed by atoms with E-state index in [1.807, 2.05) is 0 Å². The minimum absolute atomic E-state index is 0.0415. The lowest BCUT2D eigenvalue weighted by molar-refractivity contribution is 0.0367. The number of aliphatic hydroxyl groups excluding tert-OH is 1. The van der Waals surface area contributed by atoms with E-state index in [-0.39, 0.29) is 17.0 Å². The molecule has 2 N–H and O–H groups in total. The van der Waals surface area contributed by atoms with Crippen LogP contribution in [-0.4, -0.2) is 49.6 Å². The van der Waals surface area contributed by atoms with Crippen LogP contribution in [0.25, 0.3) is 0 Å². The quantitative estimate of drug-likeness (QED) is 0.824. The zero-order valence-electron chi connectivity index (χ0n) is 11.1. The van der Waals surface area contributed by atoms with Crippen molar-refractivity contribution in [1.29, 1.82) is 0 Å². The summed E-state index contributed by atoms with van der Waals surface area (Å²) in [5, 5.41) is 12.1. The van der Waals surface area contributed by atoms with Crippen LogP contribution in [0.5, 0.6) is 0 Å². The molecule has 1 heterocycles. The van der Waals surface area contributed by atoms with Crippen LogP contribution < -0.4 is 5.32 Å². The minimum Gasteiger partial charge on any atom is -0.393 e. The summed E-state index contributed by atoms with van der Waals surface area (Å²) < 4.78 is 26.2. The fourth-order valence-electron chi connectivity index (χ4n) is 2.25. The van der Waals surface area contributed by atoms with Crippen molar-refractivity contribution in [3.8, 4) is 0 Å². The first-order chi connectivity index (χ1) is 8.95. The van der Waals surface area contributed by atoms with Gasteiger partial charge < -0.3 is 10.4 Å². The van der Waals surface area contributed by atoms with Crippen molar-refractivity contribution >= 4 is 15.7 Å².